The van der Waals surface area contributed by atoms with Gasteiger partial charge < -0.3 is 19.4 Å². The number of alkyl halides is 3. The zero-order valence-electron chi connectivity index (χ0n) is 21.7. The normalized spacial score (nSPS) is 21.1. The number of aryl methyl sites for hydroxylation is 1. The van der Waals surface area contributed by atoms with E-state index in [9.17, 15) is 14.0 Å². The van der Waals surface area contributed by atoms with Gasteiger partial charge in [-0.15, -0.1) is 5.10 Å². The molecule has 40 heavy (non-hydrogen) atoms. The molecule has 3 aromatic heterocycles. The van der Waals surface area contributed by atoms with Crippen molar-refractivity contribution in [1.82, 2.24) is 29.0 Å². The fourth-order valence-electron chi connectivity index (χ4n) is 5.49. The molecule has 1 N–H and O–H groups in total. The number of imidazole rings is 1. The van der Waals surface area contributed by atoms with E-state index >= 15 is 8.78 Å². The topological polar surface area (TPSA) is 106 Å². The number of hydrogen-bond donors (Lipinski definition) is 1. The summed E-state index contributed by atoms with van der Waals surface area (Å²) in [4.78, 5) is 10.4. The smallest absolute Gasteiger partial charge is 0.256 e. The van der Waals surface area contributed by atoms with Crippen molar-refractivity contribution in [3.05, 3.63) is 36.0 Å². The minimum Gasteiger partial charge on any atom is -0.479 e. The number of likely N-dealkylation sites (tertiary alicyclic amines) is 1. The zero-order chi connectivity index (χ0) is 28.2. The van der Waals surface area contributed by atoms with Crippen LogP contribution < -0.4 is 10.1 Å². The third-order valence-electron chi connectivity index (χ3n) is 7.65. The van der Waals surface area contributed by atoms with Crippen LogP contribution in [0.25, 0.3) is 27.7 Å². The van der Waals surface area contributed by atoms with Gasteiger partial charge in [0.25, 0.3) is 6.43 Å². The van der Waals surface area contributed by atoms with Gasteiger partial charge in [-0.05, 0) is 37.1 Å². The molecule has 4 aromatic rings. The van der Waals surface area contributed by atoms with Crippen molar-refractivity contribution < 1.29 is 27.0 Å². The number of halogens is 4. The molecule has 0 bridgehead atoms. The lowest BCUT2D eigenvalue weighted by molar-refractivity contribution is -0.121. The Hall–Kier alpha value is -3.96. The Balaban J connectivity index is 1.30. The number of hydrogen-bond acceptors (Lipinski definition) is 8. The molecule has 0 aliphatic carbocycles. The predicted molar refractivity (Wildman–Crippen MR) is 137 cm³/mol. The van der Waals surface area contributed by atoms with Crippen LogP contribution in [0.15, 0.2) is 24.4 Å². The molecule has 2 aliphatic heterocycles. The van der Waals surface area contributed by atoms with Crippen LogP contribution in [0.4, 0.5) is 23.5 Å². The first-order chi connectivity index (χ1) is 19.2. The number of anilines is 1. The summed E-state index contributed by atoms with van der Waals surface area (Å²) in [5, 5.41) is 17.1. The number of nitrogens with zero attached hydrogens (tertiary/aromatic N) is 7. The third kappa shape index (κ3) is 4.29. The number of methoxy groups -OCH3 is 1. The van der Waals surface area contributed by atoms with Crippen molar-refractivity contribution >= 4 is 22.5 Å². The van der Waals surface area contributed by atoms with Gasteiger partial charge in [-0.3, -0.25) is 4.90 Å². The number of fused-ring (bicyclic) bond motifs is 2. The quantitative estimate of drug-likeness (QED) is 0.343. The molecule has 14 heteroatoms. The van der Waals surface area contributed by atoms with E-state index in [0.717, 1.165) is 0 Å². The molecule has 10 nitrogen and oxygen atoms in total. The summed E-state index contributed by atoms with van der Waals surface area (Å²) >= 11 is 0. The maximum Gasteiger partial charge on any atom is 0.256 e. The lowest BCUT2D eigenvalue weighted by atomic mass is 9.92. The Bertz CT molecular complexity index is 1630. The highest BCUT2D eigenvalue weighted by atomic mass is 19.3. The monoisotopic (exact) mass is 558 g/mol. The summed E-state index contributed by atoms with van der Waals surface area (Å²) < 4.78 is 70.1. The predicted octanol–water partition coefficient (Wildman–Crippen LogP) is 3.58. The molecule has 0 spiro atoms. The fourth-order valence-corrected chi connectivity index (χ4v) is 5.49. The lowest BCUT2D eigenvalue weighted by Gasteiger charge is -2.48. The first-order valence-electron chi connectivity index (χ1n) is 12.8. The minimum atomic E-state index is -2.63. The van der Waals surface area contributed by atoms with E-state index in [2.05, 4.69) is 26.5 Å². The van der Waals surface area contributed by atoms with Crippen molar-refractivity contribution in [3.63, 3.8) is 0 Å². The maximum atomic E-state index is 15.2. The second-order valence-corrected chi connectivity index (χ2v) is 10.1. The van der Waals surface area contributed by atoms with Crippen LogP contribution in [0.5, 0.6) is 5.88 Å². The van der Waals surface area contributed by atoms with Crippen LogP contribution in [0.2, 0.25) is 0 Å². The molecule has 1 aromatic carbocycles. The van der Waals surface area contributed by atoms with Gasteiger partial charge in [-0.2, -0.15) is 10.2 Å². The molecule has 210 valence electrons. The van der Waals surface area contributed by atoms with Gasteiger partial charge in [-0.25, -0.2) is 27.1 Å². The van der Waals surface area contributed by atoms with Crippen LogP contribution in [0, 0.1) is 24.1 Å². The average molecular weight is 559 g/mol. The van der Waals surface area contributed by atoms with Crippen LogP contribution in [-0.4, -0.2) is 86.6 Å². The van der Waals surface area contributed by atoms with E-state index in [1.54, 1.807) is 25.3 Å². The Morgan fingerprint density at radius 1 is 1.30 bits per heavy atom. The van der Waals surface area contributed by atoms with Crippen LogP contribution >= 0.6 is 0 Å². The van der Waals surface area contributed by atoms with Gasteiger partial charge in [0.05, 0.1) is 44.5 Å². The second kappa shape index (κ2) is 9.90. The first-order valence-corrected chi connectivity index (χ1v) is 12.8. The van der Waals surface area contributed by atoms with Crippen molar-refractivity contribution in [2.75, 3.05) is 38.7 Å². The van der Waals surface area contributed by atoms with Crippen molar-refractivity contribution in [3.8, 4) is 23.1 Å². The standard InChI is InChI=1S/C26H26F4N8O2/c1-14-32-22-17(27)7-15(8-20(22)37(14)10-21(29)30)16-3-6-38-23(16)24(39-2)34-25(35-38)33-19-4-5-36(9-18(19)28)26(11-31)12-40-13-26/h3,6-8,18-19,21H,4-5,9-10,12-13H2,1-2H3,(H,33,35)/t18-,19+/m1/s1. The van der Waals surface area contributed by atoms with Crippen molar-refractivity contribution in [2.45, 2.75) is 44.1 Å². The van der Waals surface area contributed by atoms with E-state index in [1.807, 2.05) is 4.90 Å². The molecule has 0 amide bonds. The summed E-state index contributed by atoms with van der Waals surface area (Å²) in [6, 6.07) is 6.25. The van der Waals surface area contributed by atoms with E-state index in [-0.39, 0.29) is 48.4 Å². The van der Waals surface area contributed by atoms with Gasteiger partial charge in [0.15, 0.2) is 11.4 Å². The largest absolute Gasteiger partial charge is 0.479 e. The molecule has 2 atom stereocenters. The highest BCUT2D eigenvalue weighted by Gasteiger charge is 2.48. The zero-order valence-corrected chi connectivity index (χ0v) is 21.7. The molecule has 0 unspecified atom stereocenters. The molecule has 5 heterocycles. The van der Waals surface area contributed by atoms with E-state index in [0.29, 0.717) is 29.6 Å². The summed E-state index contributed by atoms with van der Waals surface area (Å²) in [7, 11) is 1.42. The van der Waals surface area contributed by atoms with Gasteiger partial charge in [0.2, 0.25) is 11.8 Å². The third-order valence-corrected chi connectivity index (χ3v) is 7.65. The van der Waals surface area contributed by atoms with Crippen LogP contribution in [0.3, 0.4) is 0 Å². The fraction of sp³-hybridized carbons (Fsp3) is 0.462. The number of rotatable bonds is 7. The first kappa shape index (κ1) is 26.3. The van der Waals surface area contributed by atoms with Gasteiger partial charge in [0, 0.05) is 24.8 Å². The van der Waals surface area contributed by atoms with Gasteiger partial charge >= 0.3 is 0 Å². The highest BCUT2D eigenvalue weighted by Crippen LogP contribution is 2.35. The molecule has 2 saturated heterocycles. The van der Waals surface area contributed by atoms with Crippen molar-refractivity contribution in [1.29, 1.82) is 5.26 Å². The minimum absolute atomic E-state index is 0.0115. The SMILES string of the molecule is COc1nc(N[C@H]2CCN(C3(C#N)COC3)C[C@H]2F)nn2ccc(-c3cc(F)c4nc(C)n(CC(F)F)c4c3)c12. The van der Waals surface area contributed by atoms with E-state index in [1.165, 1.54) is 22.3 Å². The van der Waals surface area contributed by atoms with E-state index in [4.69, 9.17) is 9.47 Å². The number of benzene rings is 1. The summed E-state index contributed by atoms with van der Waals surface area (Å²) in [6.45, 7) is 2.08. The summed E-state index contributed by atoms with van der Waals surface area (Å²) in [6.07, 6.45) is -1.85. The van der Waals surface area contributed by atoms with Crippen LogP contribution in [-0.2, 0) is 11.3 Å². The van der Waals surface area contributed by atoms with E-state index < -0.39 is 36.5 Å². The molecule has 0 saturated carbocycles. The number of ether oxygens (including phenoxy) is 2. The average Bonchev–Trinajstić information content (AvgIpc) is 3.46. The molecule has 2 fully saturated rings. The number of nitriles is 1. The summed E-state index contributed by atoms with van der Waals surface area (Å²) in [5.41, 5.74) is 0.847. The molecule has 6 rings (SSSR count). The van der Waals surface area contributed by atoms with Crippen LogP contribution in [0.1, 0.15) is 12.2 Å². The molecule has 0 radical (unpaired) electrons. The Morgan fingerprint density at radius 2 is 2.10 bits per heavy atom. The second-order valence-electron chi connectivity index (χ2n) is 10.1. The van der Waals surface area contributed by atoms with Crippen molar-refractivity contribution in [2.24, 2.45) is 0 Å². The summed E-state index contributed by atoms with van der Waals surface area (Å²) in [5.74, 6) is -0.0568. The lowest BCUT2D eigenvalue weighted by Crippen LogP contribution is -2.65. The Morgan fingerprint density at radius 3 is 2.75 bits per heavy atom. The number of nitrogens with one attached hydrogen (secondary N) is 1. The molecule has 2 aliphatic rings. The molecular weight excluding hydrogens is 532 g/mol. The highest BCUT2D eigenvalue weighted by molar-refractivity contribution is 5.90. The Kier molecular flexibility index (Phi) is 6.50. The van der Waals surface area contributed by atoms with Gasteiger partial charge in [-0.1, -0.05) is 0 Å². The number of aromatic nitrogens is 5. The number of piperidine rings is 1. The maximum absolute atomic E-state index is 15.2. The Labute approximate surface area is 226 Å². The molecular formula is C26H26F4N8O2. The van der Waals surface area contributed by atoms with Gasteiger partial charge in [0.1, 0.15) is 23.0 Å².